The first kappa shape index (κ1) is 15.0. The molecule has 0 aliphatic carbocycles. The van der Waals surface area contributed by atoms with Crippen molar-refractivity contribution in [1.82, 2.24) is 10.2 Å². The molecule has 0 saturated carbocycles. The van der Waals surface area contributed by atoms with Crippen molar-refractivity contribution in [2.75, 3.05) is 26.7 Å². The highest BCUT2D eigenvalue weighted by molar-refractivity contribution is 5.94. The molecule has 1 fully saturated rings. The molecule has 0 aromatic heterocycles. The van der Waals surface area contributed by atoms with Gasteiger partial charge in [0.2, 0.25) is 0 Å². The van der Waals surface area contributed by atoms with Crippen molar-refractivity contribution >= 4 is 5.91 Å². The van der Waals surface area contributed by atoms with Crippen LogP contribution in [0.4, 0.5) is 0 Å². The van der Waals surface area contributed by atoms with Gasteiger partial charge in [-0.1, -0.05) is 25.5 Å². The second kappa shape index (κ2) is 7.44. The number of aryl methyl sites for hydroxylation is 1. The molecule has 1 saturated heterocycles. The summed E-state index contributed by atoms with van der Waals surface area (Å²) in [5.74, 6) is 0.651. The van der Waals surface area contributed by atoms with Crippen LogP contribution in [0.25, 0.3) is 0 Å². The van der Waals surface area contributed by atoms with E-state index < -0.39 is 0 Å². The average Bonchev–Trinajstić information content (AvgIpc) is 2.46. The minimum Gasteiger partial charge on any atom is -0.352 e. The predicted molar refractivity (Wildman–Crippen MR) is 83.0 cm³/mol. The predicted octanol–water partition coefficient (Wildman–Crippen LogP) is 2.71. The molecule has 110 valence electrons. The normalized spacial score (nSPS) is 19.8. The molecule has 1 atom stereocenters. The van der Waals surface area contributed by atoms with Crippen LogP contribution in [0.5, 0.6) is 0 Å². The highest BCUT2D eigenvalue weighted by atomic mass is 16.1. The summed E-state index contributed by atoms with van der Waals surface area (Å²) in [5.41, 5.74) is 2.08. The first-order valence-corrected chi connectivity index (χ1v) is 7.74. The molecule has 1 aliphatic heterocycles. The molecule has 1 N–H and O–H groups in total. The molecular formula is C17H26N2O. The number of amides is 1. The fourth-order valence-corrected chi connectivity index (χ4v) is 2.89. The van der Waals surface area contributed by atoms with E-state index >= 15 is 0 Å². The standard InChI is InChI=1S/C17H26N2O/c1-3-5-14-7-9-16(10-8-14)17(20)18-12-15-6-4-11-19(2)13-15/h7-10,15H,3-6,11-13H2,1-2H3,(H,18,20)/t15-/m1/s1. The van der Waals surface area contributed by atoms with Crippen LogP contribution in [-0.2, 0) is 6.42 Å². The topological polar surface area (TPSA) is 32.3 Å². The van der Waals surface area contributed by atoms with Crippen molar-refractivity contribution in [2.45, 2.75) is 32.6 Å². The van der Waals surface area contributed by atoms with Gasteiger partial charge in [0, 0.05) is 18.7 Å². The first-order valence-electron chi connectivity index (χ1n) is 7.74. The van der Waals surface area contributed by atoms with Crippen molar-refractivity contribution in [1.29, 1.82) is 0 Å². The summed E-state index contributed by atoms with van der Waals surface area (Å²) in [5, 5.41) is 3.08. The minimum atomic E-state index is 0.0567. The van der Waals surface area contributed by atoms with Crippen LogP contribution < -0.4 is 5.32 Å². The summed E-state index contributed by atoms with van der Waals surface area (Å²) >= 11 is 0. The third-order valence-electron chi connectivity index (χ3n) is 4.03. The minimum absolute atomic E-state index is 0.0567. The van der Waals surface area contributed by atoms with Crippen LogP contribution in [0.2, 0.25) is 0 Å². The number of nitrogens with one attached hydrogen (secondary N) is 1. The largest absolute Gasteiger partial charge is 0.352 e. The van der Waals surface area contributed by atoms with Gasteiger partial charge in [0.15, 0.2) is 0 Å². The third kappa shape index (κ3) is 4.34. The molecule has 3 heteroatoms. The van der Waals surface area contributed by atoms with Crippen LogP contribution in [0.1, 0.15) is 42.1 Å². The van der Waals surface area contributed by atoms with Crippen LogP contribution in [-0.4, -0.2) is 37.5 Å². The van der Waals surface area contributed by atoms with E-state index in [9.17, 15) is 4.79 Å². The van der Waals surface area contributed by atoms with Gasteiger partial charge < -0.3 is 10.2 Å². The zero-order valence-electron chi connectivity index (χ0n) is 12.7. The Kier molecular flexibility index (Phi) is 5.60. The molecule has 20 heavy (non-hydrogen) atoms. The van der Waals surface area contributed by atoms with Crippen LogP contribution in [0.3, 0.4) is 0 Å². The number of likely N-dealkylation sites (tertiary alicyclic amines) is 1. The molecule has 1 amide bonds. The number of rotatable bonds is 5. The van der Waals surface area contributed by atoms with E-state index in [1.807, 2.05) is 12.1 Å². The van der Waals surface area contributed by atoms with E-state index in [2.05, 4.69) is 36.3 Å². The van der Waals surface area contributed by atoms with Gasteiger partial charge in [-0.3, -0.25) is 4.79 Å². The maximum atomic E-state index is 12.1. The summed E-state index contributed by atoms with van der Waals surface area (Å²) in [6, 6.07) is 8.00. The van der Waals surface area contributed by atoms with Crippen molar-refractivity contribution < 1.29 is 4.79 Å². The number of benzene rings is 1. The molecule has 0 unspecified atom stereocenters. The molecule has 3 nitrogen and oxygen atoms in total. The Balaban J connectivity index is 1.82. The Morgan fingerprint density at radius 3 is 2.75 bits per heavy atom. The van der Waals surface area contributed by atoms with Crippen molar-refractivity contribution in [2.24, 2.45) is 5.92 Å². The number of hydrogen-bond acceptors (Lipinski definition) is 2. The number of carbonyl (C=O) groups is 1. The Morgan fingerprint density at radius 2 is 2.10 bits per heavy atom. The smallest absolute Gasteiger partial charge is 0.251 e. The zero-order valence-corrected chi connectivity index (χ0v) is 12.7. The highest BCUT2D eigenvalue weighted by Crippen LogP contribution is 2.14. The van der Waals surface area contributed by atoms with Crippen LogP contribution in [0.15, 0.2) is 24.3 Å². The van der Waals surface area contributed by atoms with Crippen molar-refractivity contribution in [3.8, 4) is 0 Å². The Hall–Kier alpha value is -1.35. The molecular weight excluding hydrogens is 248 g/mol. The van der Waals surface area contributed by atoms with E-state index in [1.54, 1.807) is 0 Å². The quantitative estimate of drug-likeness (QED) is 0.895. The number of piperidine rings is 1. The van der Waals surface area contributed by atoms with E-state index in [-0.39, 0.29) is 5.91 Å². The highest BCUT2D eigenvalue weighted by Gasteiger charge is 2.17. The fraction of sp³-hybridized carbons (Fsp3) is 0.588. The molecule has 0 bridgehead atoms. The van der Waals surface area contributed by atoms with Crippen molar-refractivity contribution in [3.63, 3.8) is 0 Å². The average molecular weight is 274 g/mol. The molecule has 1 aromatic rings. The van der Waals surface area contributed by atoms with Gasteiger partial charge >= 0.3 is 0 Å². The van der Waals surface area contributed by atoms with E-state index in [4.69, 9.17) is 0 Å². The van der Waals surface area contributed by atoms with Gasteiger partial charge in [0.05, 0.1) is 0 Å². The monoisotopic (exact) mass is 274 g/mol. The first-order chi connectivity index (χ1) is 9.69. The van der Waals surface area contributed by atoms with Gasteiger partial charge in [-0.2, -0.15) is 0 Å². The molecule has 2 rings (SSSR count). The van der Waals surface area contributed by atoms with Crippen LogP contribution in [0, 0.1) is 5.92 Å². The summed E-state index contributed by atoms with van der Waals surface area (Å²) in [4.78, 5) is 14.5. The second-order valence-corrected chi connectivity index (χ2v) is 5.93. The SMILES string of the molecule is CCCc1ccc(C(=O)NC[C@H]2CCCN(C)C2)cc1. The molecule has 0 spiro atoms. The Bertz CT molecular complexity index is 427. The summed E-state index contributed by atoms with van der Waals surface area (Å²) in [6.07, 6.45) is 4.68. The summed E-state index contributed by atoms with van der Waals surface area (Å²) in [6.45, 7) is 5.24. The van der Waals surface area contributed by atoms with E-state index in [0.717, 1.165) is 31.5 Å². The lowest BCUT2D eigenvalue weighted by Gasteiger charge is -2.29. The maximum absolute atomic E-state index is 12.1. The Morgan fingerprint density at radius 1 is 1.35 bits per heavy atom. The summed E-state index contributed by atoms with van der Waals surface area (Å²) < 4.78 is 0. The van der Waals surface area contributed by atoms with E-state index in [1.165, 1.54) is 24.9 Å². The van der Waals surface area contributed by atoms with Gasteiger partial charge in [-0.25, -0.2) is 0 Å². The van der Waals surface area contributed by atoms with Gasteiger partial charge in [-0.05, 0) is 56.5 Å². The number of hydrogen-bond donors (Lipinski definition) is 1. The van der Waals surface area contributed by atoms with E-state index in [0.29, 0.717) is 5.92 Å². The molecule has 1 aliphatic rings. The fourth-order valence-electron chi connectivity index (χ4n) is 2.89. The third-order valence-corrected chi connectivity index (χ3v) is 4.03. The Labute approximate surface area is 122 Å². The molecule has 1 aromatic carbocycles. The van der Waals surface area contributed by atoms with Crippen molar-refractivity contribution in [3.05, 3.63) is 35.4 Å². The van der Waals surface area contributed by atoms with Crippen LogP contribution >= 0.6 is 0 Å². The van der Waals surface area contributed by atoms with Gasteiger partial charge in [-0.15, -0.1) is 0 Å². The lowest BCUT2D eigenvalue weighted by atomic mass is 9.98. The lowest BCUT2D eigenvalue weighted by molar-refractivity contribution is 0.0937. The summed E-state index contributed by atoms with van der Waals surface area (Å²) in [7, 11) is 2.15. The lowest BCUT2D eigenvalue weighted by Crippen LogP contribution is -2.39. The maximum Gasteiger partial charge on any atom is 0.251 e. The molecule has 1 heterocycles. The second-order valence-electron chi connectivity index (χ2n) is 5.93. The van der Waals surface area contributed by atoms with Gasteiger partial charge in [0.25, 0.3) is 5.91 Å². The molecule has 0 radical (unpaired) electrons. The zero-order chi connectivity index (χ0) is 14.4. The number of carbonyl (C=O) groups excluding carboxylic acids is 1. The van der Waals surface area contributed by atoms with Gasteiger partial charge in [0.1, 0.15) is 0 Å². The number of nitrogens with zero attached hydrogens (tertiary/aromatic N) is 1.